The largest absolute Gasteiger partial charge is 0.673 e. The van der Waals surface area contributed by atoms with Crippen LogP contribution in [0.25, 0.3) is 0 Å². The highest BCUT2D eigenvalue weighted by Gasteiger charge is 2.32. The molecule has 22 heavy (non-hydrogen) atoms. The minimum atomic E-state index is -6.00. The molecular weight excluding hydrogens is 307 g/mol. The van der Waals surface area contributed by atoms with Gasteiger partial charge in [-0.1, -0.05) is 0 Å². The molecule has 0 saturated carbocycles. The first-order chi connectivity index (χ1) is 10.2. The first kappa shape index (κ1) is 18.4. The highest BCUT2D eigenvalue weighted by Crippen LogP contribution is 2.25. The zero-order chi connectivity index (χ0) is 16.8. The lowest BCUT2D eigenvalue weighted by atomic mass is 10.1. The van der Waals surface area contributed by atoms with Gasteiger partial charge in [0.15, 0.2) is 0 Å². The predicted octanol–water partition coefficient (Wildman–Crippen LogP) is 2.31. The average molecular weight is 326 g/mol. The Kier molecular flexibility index (Phi) is 6.33. The molecule has 126 valence electrons. The zero-order valence-corrected chi connectivity index (χ0v) is 12.7. The first-order valence-electron chi connectivity index (χ1n) is 6.74. The van der Waals surface area contributed by atoms with Gasteiger partial charge in [0.05, 0.1) is 34.4 Å². The van der Waals surface area contributed by atoms with Crippen molar-refractivity contribution in [3.05, 3.63) is 0 Å². The third-order valence-electron chi connectivity index (χ3n) is 3.23. The lowest BCUT2D eigenvalue weighted by Gasteiger charge is -2.34. The summed E-state index contributed by atoms with van der Waals surface area (Å²) in [5.41, 5.74) is 0. The number of rotatable bonds is 3. The van der Waals surface area contributed by atoms with E-state index >= 15 is 0 Å². The highest BCUT2D eigenvalue weighted by molar-refractivity contribution is 6.50. The summed E-state index contributed by atoms with van der Waals surface area (Å²) in [5.74, 6) is 0.730. The summed E-state index contributed by atoms with van der Waals surface area (Å²) in [6, 6.07) is 0.633. The highest BCUT2D eigenvalue weighted by atomic mass is 19.5. The number of quaternary nitrogens is 1. The van der Waals surface area contributed by atoms with E-state index in [-0.39, 0.29) is 0 Å². The third kappa shape index (κ3) is 6.00. The van der Waals surface area contributed by atoms with Crippen LogP contribution in [0.3, 0.4) is 0 Å². The summed E-state index contributed by atoms with van der Waals surface area (Å²) < 4.78 is 49.9. The van der Waals surface area contributed by atoms with Crippen molar-refractivity contribution >= 4 is 13.2 Å². The fourth-order valence-corrected chi connectivity index (χ4v) is 2.16. The number of methoxy groups -OCH3 is 2. The maximum absolute atomic E-state index is 9.75. The van der Waals surface area contributed by atoms with Crippen LogP contribution in [-0.2, 0) is 0 Å². The number of aromatic nitrogens is 3. The van der Waals surface area contributed by atoms with E-state index in [2.05, 4.69) is 22.0 Å². The Morgan fingerprint density at radius 2 is 1.27 bits per heavy atom. The van der Waals surface area contributed by atoms with Gasteiger partial charge < -0.3 is 26.7 Å². The molecule has 0 N–H and O–H groups in total. The summed E-state index contributed by atoms with van der Waals surface area (Å²) >= 11 is 0. The molecule has 11 heteroatoms. The molecule has 0 atom stereocenters. The molecule has 1 saturated heterocycles. The van der Waals surface area contributed by atoms with Gasteiger partial charge in [-0.3, -0.25) is 4.48 Å². The molecule has 2 heterocycles. The molecular formula is C11H19BF4N4O2. The summed E-state index contributed by atoms with van der Waals surface area (Å²) in [6.07, 6.45) is 3.69. The number of hydrogen-bond donors (Lipinski definition) is 0. The van der Waals surface area contributed by atoms with Gasteiger partial charge >= 0.3 is 25.2 Å². The Labute approximate surface area is 126 Å². The van der Waals surface area contributed by atoms with Crippen molar-refractivity contribution < 1.29 is 26.7 Å². The number of halogens is 4. The molecule has 0 unspecified atom stereocenters. The molecule has 1 aliphatic heterocycles. The molecule has 1 aromatic heterocycles. The zero-order valence-electron chi connectivity index (χ0n) is 12.7. The molecule has 0 spiro atoms. The molecule has 0 radical (unpaired) electrons. The van der Waals surface area contributed by atoms with Crippen LogP contribution in [0, 0.1) is 0 Å². The second-order valence-electron chi connectivity index (χ2n) is 5.01. The van der Waals surface area contributed by atoms with Crippen molar-refractivity contribution in [2.24, 2.45) is 0 Å². The van der Waals surface area contributed by atoms with Gasteiger partial charge in [0.25, 0.3) is 0 Å². The second kappa shape index (κ2) is 7.57. The van der Waals surface area contributed by atoms with Crippen molar-refractivity contribution in [1.82, 2.24) is 19.4 Å². The van der Waals surface area contributed by atoms with E-state index in [0.29, 0.717) is 12.0 Å². The van der Waals surface area contributed by atoms with Gasteiger partial charge in [0.2, 0.25) is 0 Å². The maximum atomic E-state index is 9.75. The van der Waals surface area contributed by atoms with Crippen LogP contribution < -0.4 is 14.0 Å². The van der Waals surface area contributed by atoms with E-state index in [1.54, 1.807) is 14.2 Å². The van der Waals surface area contributed by atoms with Gasteiger partial charge in [-0.2, -0.15) is 0 Å². The molecule has 1 aliphatic rings. The fourth-order valence-electron chi connectivity index (χ4n) is 2.16. The summed E-state index contributed by atoms with van der Waals surface area (Å²) in [6.45, 7) is 2.10. The van der Waals surface area contributed by atoms with E-state index in [1.807, 2.05) is 0 Å². The number of hydrogen-bond acceptors (Lipinski definition) is 5. The van der Waals surface area contributed by atoms with Crippen LogP contribution >= 0.6 is 0 Å². The van der Waals surface area contributed by atoms with Crippen LogP contribution in [0.2, 0.25) is 0 Å². The Hall–Kier alpha value is -1.65. The van der Waals surface area contributed by atoms with Crippen molar-refractivity contribution in [2.75, 3.05) is 34.4 Å². The van der Waals surface area contributed by atoms with E-state index in [4.69, 9.17) is 9.47 Å². The molecule has 1 fully saturated rings. The van der Waals surface area contributed by atoms with Crippen LogP contribution in [0.5, 0.6) is 12.0 Å². The maximum Gasteiger partial charge on any atom is 0.673 e. The van der Waals surface area contributed by atoms with Crippen LogP contribution in [-0.4, -0.2) is 56.6 Å². The monoisotopic (exact) mass is 326 g/mol. The van der Waals surface area contributed by atoms with Crippen LogP contribution in [0.4, 0.5) is 23.2 Å². The van der Waals surface area contributed by atoms with Crippen molar-refractivity contribution in [3.63, 3.8) is 0 Å². The van der Waals surface area contributed by atoms with Crippen molar-refractivity contribution in [2.45, 2.75) is 19.3 Å². The second-order valence-corrected chi connectivity index (χ2v) is 5.01. The van der Waals surface area contributed by atoms with Gasteiger partial charge in [0, 0.05) is 0 Å². The molecule has 2 rings (SSSR count). The standard InChI is InChI=1S/C11H19N4O2.BF4/c1-15(7-5-4-6-8-15)9-12-10(16-2)14-11(13-9)17-3;2-1(3,4)5/h4-8H2,1-3H3;/q+1;-1. The molecule has 0 bridgehead atoms. The fraction of sp³-hybridized carbons (Fsp3) is 0.727. The number of piperidine rings is 1. The normalized spacial score (nSPS) is 17.2. The van der Waals surface area contributed by atoms with Crippen LogP contribution in [0.1, 0.15) is 19.3 Å². The Bertz CT molecular complexity index is 455. The van der Waals surface area contributed by atoms with Crippen LogP contribution in [0.15, 0.2) is 0 Å². The Balaban J connectivity index is 0.000000422. The number of likely N-dealkylation sites (tertiary alicyclic amines) is 1. The molecule has 0 amide bonds. The van der Waals surface area contributed by atoms with Gasteiger partial charge in [-0.25, -0.2) is 0 Å². The van der Waals surface area contributed by atoms with Crippen molar-refractivity contribution in [3.8, 4) is 12.0 Å². The predicted molar refractivity (Wildman–Crippen MR) is 74.4 cm³/mol. The minimum Gasteiger partial charge on any atom is -0.466 e. The van der Waals surface area contributed by atoms with E-state index < -0.39 is 7.25 Å². The average Bonchev–Trinajstić information content (AvgIpc) is 2.45. The van der Waals surface area contributed by atoms with Gasteiger partial charge in [-0.05, 0) is 19.3 Å². The van der Waals surface area contributed by atoms with E-state index in [1.165, 1.54) is 19.3 Å². The van der Waals surface area contributed by atoms with Gasteiger partial charge in [0.1, 0.15) is 0 Å². The Morgan fingerprint density at radius 3 is 1.64 bits per heavy atom. The Morgan fingerprint density at radius 1 is 0.864 bits per heavy atom. The summed E-state index contributed by atoms with van der Waals surface area (Å²) in [5, 5.41) is 0. The van der Waals surface area contributed by atoms with Gasteiger partial charge in [-0.15, -0.1) is 15.0 Å². The topological polar surface area (TPSA) is 57.1 Å². The number of nitrogens with zero attached hydrogens (tertiary/aromatic N) is 4. The molecule has 0 aliphatic carbocycles. The first-order valence-corrected chi connectivity index (χ1v) is 6.74. The van der Waals surface area contributed by atoms with Crippen molar-refractivity contribution in [1.29, 1.82) is 0 Å². The third-order valence-corrected chi connectivity index (χ3v) is 3.23. The quantitative estimate of drug-likeness (QED) is 0.485. The summed E-state index contributed by atoms with van der Waals surface area (Å²) in [7, 11) is -0.753. The SMILES string of the molecule is COc1nc(OC)nc([N+]2(C)CCCCC2)n1.F[B-](F)(F)F. The van der Waals surface area contributed by atoms with E-state index in [9.17, 15) is 17.3 Å². The number of ether oxygens (including phenoxy) is 2. The van der Waals surface area contributed by atoms with E-state index in [0.717, 1.165) is 23.5 Å². The lowest BCUT2D eigenvalue weighted by molar-refractivity contribution is 0.250. The molecule has 1 aromatic rings. The molecule has 0 aromatic carbocycles. The lowest BCUT2D eigenvalue weighted by Crippen LogP contribution is -2.50. The smallest absolute Gasteiger partial charge is 0.466 e. The molecule has 6 nitrogen and oxygen atoms in total. The summed E-state index contributed by atoms with van der Waals surface area (Å²) in [4.78, 5) is 12.7. The minimum absolute atomic E-state index is 0.316.